The SMILES string of the molecule is Cc1ccc(/C=C/C(=O)N(CC(=O)O)C(C)C)cc1Cl. The van der Waals surface area contributed by atoms with Gasteiger partial charge in [-0.05, 0) is 44.0 Å². The molecule has 0 saturated heterocycles. The number of hydrogen-bond acceptors (Lipinski definition) is 2. The molecular formula is C15H18ClNO3. The third kappa shape index (κ3) is 4.70. The fourth-order valence-corrected chi connectivity index (χ4v) is 1.83. The van der Waals surface area contributed by atoms with Crippen LogP contribution in [0.15, 0.2) is 24.3 Å². The molecule has 20 heavy (non-hydrogen) atoms. The highest BCUT2D eigenvalue weighted by Crippen LogP contribution is 2.17. The van der Waals surface area contributed by atoms with Gasteiger partial charge in [-0.1, -0.05) is 23.7 Å². The number of aryl methyl sites for hydroxylation is 1. The molecule has 1 rings (SSSR count). The molecule has 0 unspecified atom stereocenters. The summed E-state index contributed by atoms with van der Waals surface area (Å²) in [5.41, 5.74) is 1.76. The molecule has 0 atom stereocenters. The minimum absolute atomic E-state index is 0.176. The van der Waals surface area contributed by atoms with Gasteiger partial charge in [-0.15, -0.1) is 0 Å². The van der Waals surface area contributed by atoms with Gasteiger partial charge in [-0.3, -0.25) is 9.59 Å². The maximum Gasteiger partial charge on any atom is 0.323 e. The summed E-state index contributed by atoms with van der Waals surface area (Å²) in [5.74, 6) is -1.36. The van der Waals surface area contributed by atoms with Crippen molar-refractivity contribution in [2.75, 3.05) is 6.54 Å². The molecule has 0 bridgehead atoms. The first-order valence-electron chi connectivity index (χ1n) is 6.28. The molecule has 0 radical (unpaired) electrons. The van der Waals surface area contributed by atoms with Crippen molar-refractivity contribution < 1.29 is 14.7 Å². The molecule has 0 spiro atoms. The lowest BCUT2D eigenvalue weighted by molar-refractivity contribution is -0.143. The molecule has 0 aliphatic carbocycles. The number of hydrogen-bond donors (Lipinski definition) is 1. The topological polar surface area (TPSA) is 57.6 Å². The first-order valence-corrected chi connectivity index (χ1v) is 6.65. The average molecular weight is 296 g/mol. The zero-order chi connectivity index (χ0) is 15.3. The highest BCUT2D eigenvalue weighted by atomic mass is 35.5. The third-order valence-electron chi connectivity index (χ3n) is 2.83. The summed E-state index contributed by atoms with van der Waals surface area (Å²) in [7, 11) is 0. The Bertz CT molecular complexity index is 538. The van der Waals surface area contributed by atoms with E-state index in [2.05, 4.69) is 0 Å². The van der Waals surface area contributed by atoms with E-state index in [9.17, 15) is 9.59 Å². The van der Waals surface area contributed by atoms with Crippen LogP contribution in [0.25, 0.3) is 6.08 Å². The number of rotatable bonds is 5. The van der Waals surface area contributed by atoms with Crippen molar-refractivity contribution in [1.82, 2.24) is 4.90 Å². The summed E-state index contributed by atoms with van der Waals surface area (Å²) < 4.78 is 0. The van der Waals surface area contributed by atoms with E-state index < -0.39 is 5.97 Å². The second-order valence-electron chi connectivity index (χ2n) is 4.80. The van der Waals surface area contributed by atoms with Gasteiger partial charge in [0, 0.05) is 17.1 Å². The molecule has 0 aromatic heterocycles. The Labute approximate surface area is 123 Å². The number of aliphatic carboxylic acids is 1. The van der Waals surface area contributed by atoms with Gasteiger partial charge in [0.25, 0.3) is 0 Å². The lowest BCUT2D eigenvalue weighted by atomic mass is 10.1. The van der Waals surface area contributed by atoms with E-state index >= 15 is 0 Å². The van der Waals surface area contributed by atoms with E-state index in [-0.39, 0.29) is 18.5 Å². The van der Waals surface area contributed by atoms with Crippen LogP contribution in [-0.2, 0) is 9.59 Å². The van der Waals surface area contributed by atoms with E-state index in [1.807, 2.05) is 19.1 Å². The quantitative estimate of drug-likeness (QED) is 0.850. The Morgan fingerprint density at radius 3 is 2.55 bits per heavy atom. The molecule has 0 saturated carbocycles. The largest absolute Gasteiger partial charge is 0.480 e. The van der Waals surface area contributed by atoms with Crippen LogP contribution >= 0.6 is 11.6 Å². The maximum atomic E-state index is 12.0. The van der Waals surface area contributed by atoms with Gasteiger partial charge in [-0.2, -0.15) is 0 Å². The van der Waals surface area contributed by atoms with Crippen molar-refractivity contribution in [3.8, 4) is 0 Å². The van der Waals surface area contributed by atoms with Gasteiger partial charge in [0.1, 0.15) is 6.54 Å². The van der Waals surface area contributed by atoms with Crippen molar-refractivity contribution in [2.45, 2.75) is 26.8 Å². The van der Waals surface area contributed by atoms with Crippen molar-refractivity contribution in [3.05, 3.63) is 40.4 Å². The molecule has 1 aromatic rings. The lowest BCUT2D eigenvalue weighted by Gasteiger charge is -2.23. The molecule has 0 heterocycles. The number of halogens is 1. The van der Waals surface area contributed by atoms with Gasteiger partial charge in [0.15, 0.2) is 0 Å². The Hall–Kier alpha value is -1.81. The van der Waals surface area contributed by atoms with E-state index in [4.69, 9.17) is 16.7 Å². The van der Waals surface area contributed by atoms with Gasteiger partial charge < -0.3 is 10.0 Å². The highest BCUT2D eigenvalue weighted by molar-refractivity contribution is 6.31. The number of amides is 1. The Morgan fingerprint density at radius 1 is 1.40 bits per heavy atom. The minimum atomic E-state index is -1.03. The predicted octanol–water partition coefficient (Wildman–Crippen LogP) is 2.98. The molecule has 4 nitrogen and oxygen atoms in total. The molecule has 0 fully saturated rings. The molecule has 5 heteroatoms. The summed E-state index contributed by atoms with van der Waals surface area (Å²) >= 11 is 6.00. The summed E-state index contributed by atoms with van der Waals surface area (Å²) in [5, 5.41) is 9.43. The Morgan fingerprint density at radius 2 is 2.05 bits per heavy atom. The van der Waals surface area contributed by atoms with Crippen molar-refractivity contribution in [3.63, 3.8) is 0 Å². The maximum absolute atomic E-state index is 12.0. The van der Waals surface area contributed by atoms with Crippen LogP contribution in [0, 0.1) is 6.92 Å². The normalized spacial score (nSPS) is 11.1. The van der Waals surface area contributed by atoms with E-state index in [1.165, 1.54) is 11.0 Å². The van der Waals surface area contributed by atoms with E-state index in [0.29, 0.717) is 5.02 Å². The first kappa shape index (κ1) is 16.2. The van der Waals surface area contributed by atoms with Crippen molar-refractivity contribution in [1.29, 1.82) is 0 Å². The van der Waals surface area contributed by atoms with E-state index in [0.717, 1.165) is 11.1 Å². The highest BCUT2D eigenvalue weighted by Gasteiger charge is 2.17. The van der Waals surface area contributed by atoms with Gasteiger partial charge in [0.05, 0.1) is 0 Å². The number of benzene rings is 1. The van der Waals surface area contributed by atoms with Crippen molar-refractivity contribution >= 4 is 29.6 Å². The van der Waals surface area contributed by atoms with Crippen LogP contribution in [0.3, 0.4) is 0 Å². The summed E-state index contributed by atoms with van der Waals surface area (Å²) in [6.07, 6.45) is 2.99. The molecule has 108 valence electrons. The predicted molar refractivity (Wildman–Crippen MR) is 79.7 cm³/mol. The second-order valence-corrected chi connectivity index (χ2v) is 5.20. The first-order chi connectivity index (χ1) is 9.31. The molecular weight excluding hydrogens is 278 g/mol. The van der Waals surface area contributed by atoms with Crippen LogP contribution in [0.5, 0.6) is 0 Å². The summed E-state index contributed by atoms with van der Waals surface area (Å²) in [4.78, 5) is 24.0. The van der Waals surface area contributed by atoms with Crippen LogP contribution in [0.2, 0.25) is 5.02 Å². The third-order valence-corrected chi connectivity index (χ3v) is 3.23. The Kier molecular flexibility index (Phi) is 5.77. The van der Waals surface area contributed by atoms with Crippen molar-refractivity contribution in [2.24, 2.45) is 0 Å². The van der Waals surface area contributed by atoms with Crippen LogP contribution in [-0.4, -0.2) is 34.5 Å². The zero-order valence-corrected chi connectivity index (χ0v) is 12.5. The average Bonchev–Trinajstić information content (AvgIpc) is 2.36. The van der Waals surface area contributed by atoms with E-state index in [1.54, 1.807) is 26.0 Å². The van der Waals surface area contributed by atoms with Gasteiger partial charge in [-0.25, -0.2) is 0 Å². The fraction of sp³-hybridized carbons (Fsp3) is 0.333. The molecule has 1 aromatic carbocycles. The Balaban J connectivity index is 2.83. The van der Waals surface area contributed by atoms with Crippen LogP contribution in [0.1, 0.15) is 25.0 Å². The number of carbonyl (C=O) groups excluding carboxylic acids is 1. The molecule has 1 amide bonds. The van der Waals surface area contributed by atoms with Gasteiger partial charge >= 0.3 is 5.97 Å². The zero-order valence-electron chi connectivity index (χ0n) is 11.8. The lowest BCUT2D eigenvalue weighted by Crippen LogP contribution is -2.39. The standard InChI is InChI=1S/C15H18ClNO3/c1-10(2)17(9-15(19)20)14(18)7-6-12-5-4-11(3)13(16)8-12/h4-8,10H,9H2,1-3H3,(H,19,20)/b7-6+. The monoisotopic (exact) mass is 295 g/mol. The number of carboxylic acid groups (broad SMARTS) is 1. The molecule has 0 aliphatic rings. The number of carbonyl (C=O) groups is 2. The molecule has 0 aliphatic heterocycles. The summed E-state index contributed by atoms with van der Waals surface area (Å²) in [6.45, 7) is 5.14. The number of carboxylic acids is 1. The van der Waals surface area contributed by atoms with Crippen LogP contribution < -0.4 is 0 Å². The smallest absolute Gasteiger partial charge is 0.323 e. The summed E-state index contributed by atoms with van der Waals surface area (Å²) in [6, 6.07) is 5.30. The second kappa shape index (κ2) is 7.10. The molecule has 1 N–H and O–H groups in total. The van der Waals surface area contributed by atoms with Crippen LogP contribution in [0.4, 0.5) is 0 Å². The number of nitrogens with zero attached hydrogens (tertiary/aromatic N) is 1. The minimum Gasteiger partial charge on any atom is -0.480 e. The fourth-order valence-electron chi connectivity index (χ4n) is 1.64. The van der Waals surface area contributed by atoms with Gasteiger partial charge in [0.2, 0.25) is 5.91 Å².